The Kier molecular flexibility index (Phi) is 5.60. The number of benzene rings is 1. The molecule has 4 rings (SSSR count). The Balaban J connectivity index is 1.98. The lowest BCUT2D eigenvalue weighted by molar-refractivity contribution is -0.116. The molecule has 1 aromatic carbocycles. The maximum absolute atomic E-state index is 13.2. The standard InChI is InChI=1S/C22H25N3O4S/c1-11(2)30-22-24-20-18(21(27)25-22)16(17-13(23-20)8-6-9-14(17)26)12-7-5-10-15(28-3)19(12)29-4/h5,7,10-11,16H,6,8-9H2,1-4H3,(H2,23,24,25,27). The van der Waals surface area contributed by atoms with Crippen LogP contribution < -0.4 is 20.3 Å². The number of anilines is 1. The number of carbonyl (C=O) groups excluding carboxylic acids is 1. The molecule has 2 aromatic rings. The average molecular weight is 428 g/mol. The van der Waals surface area contributed by atoms with Crippen LogP contribution in [0.1, 0.15) is 50.2 Å². The van der Waals surface area contributed by atoms with Crippen LogP contribution in [0.4, 0.5) is 5.82 Å². The highest BCUT2D eigenvalue weighted by Gasteiger charge is 2.39. The van der Waals surface area contributed by atoms with Gasteiger partial charge < -0.3 is 19.8 Å². The normalized spacial score (nSPS) is 18.0. The molecule has 1 aliphatic carbocycles. The molecule has 1 aliphatic heterocycles. The summed E-state index contributed by atoms with van der Waals surface area (Å²) in [7, 11) is 3.13. The van der Waals surface area contributed by atoms with Crippen molar-refractivity contribution < 1.29 is 14.3 Å². The van der Waals surface area contributed by atoms with Crippen molar-refractivity contribution >= 4 is 23.4 Å². The van der Waals surface area contributed by atoms with E-state index in [4.69, 9.17) is 9.47 Å². The molecule has 0 fully saturated rings. The summed E-state index contributed by atoms with van der Waals surface area (Å²) in [6.07, 6.45) is 1.98. The fourth-order valence-electron chi connectivity index (χ4n) is 4.17. The fourth-order valence-corrected chi connectivity index (χ4v) is 4.91. The summed E-state index contributed by atoms with van der Waals surface area (Å²) in [4.78, 5) is 33.8. The molecule has 0 bridgehead atoms. The van der Waals surface area contributed by atoms with Gasteiger partial charge in [0.15, 0.2) is 22.4 Å². The molecule has 8 heteroatoms. The molecule has 0 saturated heterocycles. The van der Waals surface area contributed by atoms with Gasteiger partial charge in [-0.05, 0) is 18.9 Å². The van der Waals surface area contributed by atoms with Gasteiger partial charge in [-0.3, -0.25) is 9.59 Å². The van der Waals surface area contributed by atoms with E-state index in [1.807, 2.05) is 26.0 Å². The second kappa shape index (κ2) is 8.18. The molecular formula is C22H25N3O4S. The average Bonchev–Trinajstić information content (AvgIpc) is 2.71. The molecule has 1 unspecified atom stereocenters. The number of ketones is 1. The second-order valence-electron chi connectivity index (χ2n) is 7.61. The zero-order valence-corrected chi connectivity index (χ0v) is 18.3. The Bertz CT molecular complexity index is 1090. The zero-order chi connectivity index (χ0) is 21.4. The first-order valence-corrected chi connectivity index (χ1v) is 10.9. The van der Waals surface area contributed by atoms with Crippen LogP contribution in [0.3, 0.4) is 0 Å². The zero-order valence-electron chi connectivity index (χ0n) is 17.5. The molecule has 30 heavy (non-hydrogen) atoms. The first kappa shape index (κ1) is 20.5. The number of fused-ring (bicyclic) bond motifs is 1. The lowest BCUT2D eigenvalue weighted by Crippen LogP contribution is -2.33. The highest BCUT2D eigenvalue weighted by molar-refractivity contribution is 7.99. The molecule has 2 heterocycles. The number of para-hydroxylation sites is 1. The van der Waals surface area contributed by atoms with Crippen LogP contribution in [0.25, 0.3) is 0 Å². The minimum absolute atomic E-state index is 0.0457. The van der Waals surface area contributed by atoms with Crippen LogP contribution >= 0.6 is 11.8 Å². The molecule has 0 radical (unpaired) electrons. The van der Waals surface area contributed by atoms with E-state index in [1.165, 1.54) is 11.8 Å². The van der Waals surface area contributed by atoms with Crippen molar-refractivity contribution in [1.82, 2.24) is 9.97 Å². The van der Waals surface area contributed by atoms with Crippen LogP contribution in [0.5, 0.6) is 11.5 Å². The molecule has 0 amide bonds. The van der Waals surface area contributed by atoms with Crippen LogP contribution in [-0.2, 0) is 4.79 Å². The third kappa shape index (κ3) is 3.49. The summed E-state index contributed by atoms with van der Waals surface area (Å²) in [5.74, 6) is 1.05. The summed E-state index contributed by atoms with van der Waals surface area (Å²) in [6, 6.07) is 5.52. The highest BCUT2D eigenvalue weighted by atomic mass is 32.2. The summed E-state index contributed by atoms with van der Waals surface area (Å²) in [6.45, 7) is 4.09. The van der Waals surface area contributed by atoms with Gasteiger partial charge in [-0.2, -0.15) is 0 Å². The number of hydrogen-bond acceptors (Lipinski definition) is 7. The summed E-state index contributed by atoms with van der Waals surface area (Å²) >= 11 is 1.49. The van der Waals surface area contributed by atoms with Crippen molar-refractivity contribution in [3.63, 3.8) is 0 Å². The van der Waals surface area contributed by atoms with Gasteiger partial charge in [-0.15, -0.1) is 0 Å². The number of methoxy groups -OCH3 is 2. The van der Waals surface area contributed by atoms with E-state index >= 15 is 0 Å². The number of Topliss-reactive ketones (excluding diaryl/α,β-unsaturated/α-hetero) is 1. The predicted molar refractivity (Wildman–Crippen MR) is 117 cm³/mol. The summed E-state index contributed by atoms with van der Waals surface area (Å²) < 4.78 is 11.1. The van der Waals surface area contributed by atoms with Crippen molar-refractivity contribution in [2.45, 2.75) is 49.4 Å². The number of nitrogens with zero attached hydrogens (tertiary/aromatic N) is 1. The quantitative estimate of drug-likeness (QED) is 0.553. The van der Waals surface area contributed by atoms with Gasteiger partial charge in [0.05, 0.1) is 25.7 Å². The van der Waals surface area contributed by atoms with Crippen molar-refractivity contribution in [3.8, 4) is 11.5 Å². The van der Waals surface area contributed by atoms with Crippen molar-refractivity contribution in [2.75, 3.05) is 19.5 Å². The number of thioether (sulfide) groups is 1. The number of H-pyrrole nitrogens is 1. The number of nitrogens with one attached hydrogen (secondary N) is 2. The third-order valence-corrected chi connectivity index (χ3v) is 6.22. The number of carbonyl (C=O) groups is 1. The SMILES string of the molecule is COc1cccc(C2C3=C(CCCC3=O)Nc3nc(SC(C)C)[nH]c(=O)c32)c1OC. The predicted octanol–water partition coefficient (Wildman–Crippen LogP) is 3.85. The number of ether oxygens (including phenoxy) is 2. The van der Waals surface area contributed by atoms with E-state index in [9.17, 15) is 9.59 Å². The number of aromatic nitrogens is 2. The minimum atomic E-state index is -0.566. The van der Waals surface area contributed by atoms with E-state index < -0.39 is 5.92 Å². The molecule has 2 aliphatic rings. The molecule has 0 spiro atoms. The number of hydrogen-bond donors (Lipinski definition) is 2. The van der Waals surface area contributed by atoms with E-state index in [2.05, 4.69) is 15.3 Å². The Hall–Kier alpha value is -2.74. The first-order valence-electron chi connectivity index (χ1n) is 9.99. The van der Waals surface area contributed by atoms with Gasteiger partial charge in [0.1, 0.15) is 5.82 Å². The second-order valence-corrected chi connectivity index (χ2v) is 9.17. The minimum Gasteiger partial charge on any atom is -0.493 e. The van der Waals surface area contributed by atoms with Crippen LogP contribution in [-0.4, -0.2) is 35.2 Å². The lowest BCUT2D eigenvalue weighted by Gasteiger charge is -2.33. The first-order chi connectivity index (χ1) is 14.4. The lowest BCUT2D eigenvalue weighted by atomic mass is 9.76. The Morgan fingerprint density at radius 1 is 1.17 bits per heavy atom. The van der Waals surface area contributed by atoms with E-state index in [0.29, 0.717) is 40.0 Å². The van der Waals surface area contributed by atoms with E-state index in [-0.39, 0.29) is 16.6 Å². The summed E-state index contributed by atoms with van der Waals surface area (Å²) in [5, 5.41) is 4.12. The maximum atomic E-state index is 13.2. The van der Waals surface area contributed by atoms with Crippen LogP contribution in [0.15, 0.2) is 39.4 Å². The van der Waals surface area contributed by atoms with Crippen LogP contribution in [0.2, 0.25) is 0 Å². The van der Waals surface area contributed by atoms with Crippen molar-refractivity contribution in [2.24, 2.45) is 0 Å². The van der Waals surface area contributed by atoms with Gasteiger partial charge in [0.25, 0.3) is 5.56 Å². The number of rotatable bonds is 5. The fraction of sp³-hybridized carbons (Fsp3) is 0.409. The van der Waals surface area contributed by atoms with Gasteiger partial charge in [-0.1, -0.05) is 37.7 Å². The molecule has 1 atom stereocenters. The molecule has 158 valence electrons. The molecule has 0 saturated carbocycles. The Labute approximate surface area is 179 Å². The molecule has 1 aromatic heterocycles. The number of allylic oxidation sites excluding steroid dienone is 2. The Morgan fingerprint density at radius 2 is 1.97 bits per heavy atom. The summed E-state index contributed by atoms with van der Waals surface area (Å²) in [5.41, 5.74) is 2.36. The monoisotopic (exact) mass is 427 g/mol. The highest BCUT2D eigenvalue weighted by Crippen LogP contribution is 2.47. The van der Waals surface area contributed by atoms with E-state index in [0.717, 1.165) is 24.1 Å². The van der Waals surface area contributed by atoms with Crippen LogP contribution in [0, 0.1) is 0 Å². The van der Waals surface area contributed by atoms with Gasteiger partial charge in [-0.25, -0.2) is 4.98 Å². The molecule has 2 N–H and O–H groups in total. The number of aromatic amines is 1. The topological polar surface area (TPSA) is 93.3 Å². The molecule has 7 nitrogen and oxygen atoms in total. The van der Waals surface area contributed by atoms with Gasteiger partial charge >= 0.3 is 0 Å². The van der Waals surface area contributed by atoms with Gasteiger partial charge in [0.2, 0.25) is 0 Å². The third-order valence-electron chi connectivity index (χ3n) is 5.33. The van der Waals surface area contributed by atoms with Crippen molar-refractivity contribution in [1.29, 1.82) is 0 Å². The molecular weight excluding hydrogens is 402 g/mol. The Morgan fingerprint density at radius 3 is 2.67 bits per heavy atom. The smallest absolute Gasteiger partial charge is 0.257 e. The maximum Gasteiger partial charge on any atom is 0.257 e. The van der Waals surface area contributed by atoms with Crippen molar-refractivity contribution in [3.05, 3.63) is 50.9 Å². The van der Waals surface area contributed by atoms with E-state index in [1.54, 1.807) is 20.3 Å². The largest absolute Gasteiger partial charge is 0.493 e. The van der Waals surface area contributed by atoms with Gasteiger partial charge in [0, 0.05) is 28.5 Å².